The fraction of sp³-hybridized carbons (Fsp3) is 0.423. The van der Waals surface area contributed by atoms with Gasteiger partial charge in [0.1, 0.15) is 5.65 Å². The van der Waals surface area contributed by atoms with Gasteiger partial charge >= 0.3 is 0 Å². The van der Waals surface area contributed by atoms with Crippen molar-refractivity contribution in [3.05, 3.63) is 65.6 Å². The van der Waals surface area contributed by atoms with Crippen molar-refractivity contribution >= 4 is 23.2 Å². The molecule has 1 N–H and O–H groups in total. The average Bonchev–Trinajstić information content (AvgIpc) is 3.53. The number of likely N-dealkylation sites (tertiary alicyclic amines) is 1. The quantitative estimate of drug-likeness (QED) is 0.468. The van der Waals surface area contributed by atoms with E-state index in [0.717, 1.165) is 62.7 Å². The third kappa shape index (κ3) is 4.32. The number of hydrogen-bond donors (Lipinski definition) is 1. The minimum atomic E-state index is 0.303. The number of imidazole rings is 1. The van der Waals surface area contributed by atoms with E-state index in [2.05, 4.69) is 69.1 Å². The fourth-order valence-electron chi connectivity index (χ4n) is 5.12. The van der Waals surface area contributed by atoms with Gasteiger partial charge in [-0.3, -0.25) is 9.79 Å². The number of aryl methyl sites for hydroxylation is 1. The molecule has 0 aliphatic carbocycles. The van der Waals surface area contributed by atoms with E-state index in [1.54, 1.807) is 0 Å². The Balaban J connectivity index is 1.24. The summed E-state index contributed by atoms with van der Waals surface area (Å²) in [6, 6.07) is 12.7. The molecule has 0 saturated carbocycles. The molecule has 7 nitrogen and oxygen atoms in total. The first-order valence-electron chi connectivity index (χ1n) is 11.9. The highest BCUT2D eigenvalue weighted by atomic mass is 16.2. The van der Waals surface area contributed by atoms with Crippen LogP contribution in [-0.4, -0.2) is 59.4 Å². The van der Waals surface area contributed by atoms with Gasteiger partial charge in [0.2, 0.25) is 5.91 Å². The van der Waals surface area contributed by atoms with Crippen molar-refractivity contribution in [3.8, 4) is 0 Å². The number of carbonyl (C=O) groups is 1. The Hall–Kier alpha value is -3.35. The first-order valence-corrected chi connectivity index (χ1v) is 11.9. The third-order valence-electron chi connectivity index (χ3n) is 6.85. The summed E-state index contributed by atoms with van der Waals surface area (Å²) in [5.74, 6) is 1.59. The third-order valence-corrected chi connectivity index (χ3v) is 6.85. The van der Waals surface area contributed by atoms with E-state index in [4.69, 9.17) is 4.98 Å². The molecular formula is C26H32N6O. The highest BCUT2D eigenvalue weighted by Gasteiger charge is 2.32. The summed E-state index contributed by atoms with van der Waals surface area (Å²) >= 11 is 0. The van der Waals surface area contributed by atoms with Crippen molar-refractivity contribution in [1.82, 2.24) is 19.6 Å². The molecule has 1 aromatic carbocycles. The van der Waals surface area contributed by atoms with Crippen molar-refractivity contribution in [2.75, 3.05) is 38.1 Å². The molecule has 0 spiro atoms. The summed E-state index contributed by atoms with van der Waals surface area (Å²) in [4.78, 5) is 25.7. The van der Waals surface area contributed by atoms with Gasteiger partial charge in [-0.2, -0.15) is 0 Å². The zero-order chi connectivity index (χ0) is 22.8. The van der Waals surface area contributed by atoms with E-state index < -0.39 is 0 Å². The Kier molecular flexibility index (Phi) is 6.03. The Labute approximate surface area is 195 Å². The molecule has 5 rings (SSSR count). The van der Waals surface area contributed by atoms with Crippen LogP contribution in [0.25, 0.3) is 5.65 Å². The van der Waals surface area contributed by atoms with Gasteiger partial charge in [-0.05, 0) is 43.0 Å². The first-order chi connectivity index (χ1) is 16.1. The number of nitrogens with zero attached hydrogens (tertiary/aromatic N) is 5. The fourth-order valence-corrected chi connectivity index (χ4v) is 5.12. The Morgan fingerprint density at radius 1 is 1.24 bits per heavy atom. The normalized spacial score (nSPS) is 18.4. The zero-order valence-corrected chi connectivity index (χ0v) is 19.5. The molecule has 0 bridgehead atoms. The second kappa shape index (κ2) is 9.25. The van der Waals surface area contributed by atoms with Gasteiger partial charge in [0.25, 0.3) is 0 Å². The van der Waals surface area contributed by atoms with Crippen molar-refractivity contribution in [2.45, 2.75) is 38.5 Å². The van der Waals surface area contributed by atoms with Crippen molar-refractivity contribution in [1.29, 1.82) is 0 Å². The van der Waals surface area contributed by atoms with Gasteiger partial charge in [-0.25, -0.2) is 4.98 Å². The number of aromatic nitrogens is 2. The van der Waals surface area contributed by atoms with E-state index in [1.165, 1.54) is 16.8 Å². The average molecular weight is 445 g/mol. The highest BCUT2D eigenvalue weighted by Crippen LogP contribution is 2.38. The molecule has 0 radical (unpaired) electrons. The maximum atomic E-state index is 12.0. The summed E-state index contributed by atoms with van der Waals surface area (Å²) in [5.41, 5.74) is 5.84. The number of rotatable bonds is 6. The monoisotopic (exact) mass is 444 g/mol. The van der Waals surface area contributed by atoms with Crippen LogP contribution in [0, 0.1) is 6.92 Å². The van der Waals surface area contributed by atoms with Gasteiger partial charge in [0.05, 0.1) is 5.69 Å². The molecule has 33 heavy (non-hydrogen) atoms. The van der Waals surface area contributed by atoms with E-state index in [9.17, 15) is 4.79 Å². The molecule has 1 unspecified atom stereocenters. The number of benzene rings is 1. The van der Waals surface area contributed by atoms with Crippen molar-refractivity contribution < 1.29 is 4.79 Å². The summed E-state index contributed by atoms with van der Waals surface area (Å²) in [6.45, 7) is 5.48. The van der Waals surface area contributed by atoms with Gasteiger partial charge in [-0.15, -0.1) is 0 Å². The standard InChI is InChI=1S/C26H32N6O/c1-19-7-5-15-31-18-21(29-25(19)31)11-13-28-26(27-2)32-17-20(22-8-3-4-9-23(22)32)12-16-30-14-6-10-24(30)33/h3-5,7-9,15,18,20H,6,10-14,16-17H2,1-2H3,(H,27,28). The number of fused-ring (bicyclic) bond motifs is 2. The van der Waals surface area contributed by atoms with E-state index in [1.807, 2.05) is 18.1 Å². The van der Waals surface area contributed by atoms with Crippen LogP contribution in [0.3, 0.4) is 0 Å². The summed E-state index contributed by atoms with van der Waals surface area (Å²) in [6.07, 6.45) is 7.66. The number of carbonyl (C=O) groups excluding carboxylic acids is 1. The van der Waals surface area contributed by atoms with E-state index in [-0.39, 0.29) is 0 Å². The minimum Gasteiger partial charge on any atom is -0.356 e. The van der Waals surface area contributed by atoms with Crippen LogP contribution in [0.1, 0.15) is 42.0 Å². The number of nitrogens with one attached hydrogen (secondary N) is 1. The van der Waals surface area contributed by atoms with Crippen LogP contribution in [0.5, 0.6) is 0 Å². The molecule has 1 amide bonds. The highest BCUT2D eigenvalue weighted by molar-refractivity contribution is 5.98. The molecule has 1 fully saturated rings. The lowest BCUT2D eigenvalue weighted by Crippen LogP contribution is -2.42. The second-order valence-electron chi connectivity index (χ2n) is 9.02. The molecule has 1 atom stereocenters. The largest absolute Gasteiger partial charge is 0.356 e. The molecule has 2 aliphatic heterocycles. The summed E-state index contributed by atoms with van der Waals surface area (Å²) < 4.78 is 2.09. The maximum absolute atomic E-state index is 12.0. The molecule has 7 heteroatoms. The predicted molar refractivity (Wildman–Crippen MR) is 132 cm³/mol. The number of pyridine rings is 1. The lowest BCUT2D eigenvalue weighted by molar-refractivity contribution is -0.127. The first kappa shape index (κ1) is 21.5. The van der Waals surface area contributed by atoms with Crippen LogP contribution in [0.15, 0.2) is 53.8 Å². The SMILES string of the molecule is CN=C(NCCc1cn2cccc(C)c2n1)N1CC(CCN2CCCC2=O)c2ccccc21. The molecule has 1 saturated heterocycles. The smallest absolute Gasteiger partial charge is 0.222 e. The minimum absolute atomic E-state index is 0.303. The Morgan fingerprint density at radius 3 is 2.91 bits per heavy atom. The molecular weight excluding hydrogens is 412 g/mol. The lowest BCUT2D eigenvalue weighted by Gasteiger charge is -2.23. The zero-order valence-electron chi connectivity index (χ0n) is 19.5. The van der Waals surface area contributed by atoms with Gasteiger partial charge < -0.3 is 19.5 Å². The van der Waals surface area contributed by atoms with Crippen LogP contribution in [0.2, 0.25) is 0 Å². The maximum Gasteiger partial charge on any atom is 0.222 e. The number of hydrogen-bond acceptors (Lipinski definition) is 3. The molecule has 2 aromatic heterocycles. The van der Waals surface area contributed by atoms with Crippen LogP contribution in [-0.2, 0) is 11.2 Å². The van der Waals surface area contributed by atoms with Crippen LogP contribution < -0.4 is 10.2 Å². The number of para-hydroxylation sites is 1. The lowest BCUT2D eigenvalue weighted by atomic mass is 9.98. The number of guanidine groups is 1. The molecule has 2 aliphatic rings. The van der Waals surface area contributed by atoms with E-state index >= 15 is 0 Å². The van der Waals surface area contributed by atoms with Gasteiger partial charge in [-0.1, -0.05) is 24.3 Å². The molecule has 172 valence electrons. The number of amides is 1. The Morgan fingerprint density at radius 2 is 2.12 bits per heavy atom. The van der Waals surface area contributed by atoms with Crippen molar-refractivity contribution in [3.63, 3.8) is 0 Å². The number of aliphatic imine (C=N–C) groups is 1. The Bertz CT molecular complexity index is 1180. The van der Waals surface area contributed by atoms with Crippen molar-refractivity contribution in [2.24, 2.45) is 4.99 Å². The summed E-state index contributed by atoms with van der Waals surface area (Å²) in [7, 11) is 1.84. The second-order valence-corrected chi connectivity index (χ2v) is 9.02. The van der Waals surface area contributed by atoms with Crippen LogP contribution >= 0.6 is 0 Å². The van der Waals surface area contributed by atoms with Crippen LogP contribution in [0.4, 0.5) is 5.69 Å². The van der Waals surface area contributed by atoms with Gasteiger partial charge in [0.15, 0.2) is 5.96 Å². The molecule has 3 aromatic rings. The topological polar surface area (TPSA) is 65.2 Å². The summed E-state index contributed by atoms with van der Waals surface area (Å²) in [5, 5.41) is 3.55. The van der Waals surface area contributed by atoms with Gasteiger partial charge in [0, 0.05) is 70.1 Å². The van der Waals surface area contributed by atoms with E-state index in [0.29, 0.717) is 18.2 Å². The predicted octanol–water partition coefficient (Wildman–Crippen LogP) is 3.38. The molecule has 4 heterocycles. The number of anilines is 1.